The van der Waals surface area contributed by atoms with Gasteiger partial charge in [0.05, 0.1) is 10.6 Å². The van der Waals surface area contributed by atoms with Crippen molar-refractivity contribution >= 4 is 34.9 Å². The zero-order valence-electron chi connectivity index (χ0n) is 9.63. The number of aromatic nitrogens is 2. The molecule has 0 unspecified atom stereocenters. The number of H-pyrrole nitrogens is 1. The average Bonchev–Trinajstić information content (AvgIpc) is 2.80. The fraction of sp³-hybridized carbons (Fsp3) is 0.167. The Hall–Kier alpha value is -1.52. The topological polar surface area (TPSA) is 57.8 Å². The predicted octanol–water partition coefficient (Wildman–Crippen LogP) is 3.53. The van der Waals surface area contributed by atoms with Crippen molar-refractivity contribution in [2.24, 2.45) is 0 Å². The molecule has 94 valence electrons. The van der Waals surface area contributed by atoms with Crippen LogP contribution in [0.2, 0.25) is 10.0 Å². The molecule has 0 aliphatic heterocycles. The number of nitrogens with zero attached hydrogens (tertiary/aromatic N) is 1. The van der Waals surface area contributed by atoms with Crippen LogP contribution in [0.1, 0.15) is 23.0 Å². The van der Waals surface area contributed by atoms with Crippen molar-refractivity contribution in [3.63, 3.8) is 0 Å². The Kier molecular flexibility index (Phi) is 3.89. The van der Waals surface area contributed by atoms with E-state index in [4.69, 9.17) is 23.2 Å². The summed E-state index contributed by atoms with van der Waals surface area (Å²) in [5.41, 5.74) is 1.27. The number of anilines is 1. The molecule has 0 saturated heterocycles. The minimum atomic E-state index is -0.336. The van der Waals surface area contributed by atoms with Gasteiger partial charge in [0.15, 0.2) is 5.82 Å². The van der Waals surface area contributed by atoms with Crippen LogP contribution in [0, 0.1) is 0 Å². The van der Waals surface area contributed by atoms with Crippen LogP contribution in [0.3, 0.4) is 0 Å². The maximum atomic E-state index is 12.0. The lowest BCUT2D eigenvalue weighted by Crippen LogP contribution is -2.12. The number of aromatic amines is 1. The van der Waals surface area contributed by atoms with Gasteiger partial charge in [-0.05, 0) is 24.6 Å². The monoisotopic (exact) mass is 283 g/mol. The van der Waals surface area contributed by atoms with E-state index in [0.717, 1.165) is 12.1 Å². The molecule has 1 amide bonds. The Balaban J connectivity index is 2.19. The lowest BCUT2D eigenvalue weighted by Gasteiger charge is -2.04. The largest absolute Gasteiger partial charge is 0.305 e. The summed E-state index contributed by atoms with van der Waals surface area (Å²) in [5, 5.41) is 10.3. The van der Waals surface area contributed by atoms with Crippen LogP contribution in [0.15, 0.2) is 24.3 Å². The first-order valence-corrected chi connectivity index (χ1v) is 6.16. The van der Waals surface area contributed by atoms with Crippen molar-refractivity contribution in [3.8, 4) is 0 Å². The molecule has 0 spiro atoms. The standard InChI is InChI=1S/C12H11Cl2N3O/c1-2-8-6-11(17-16-8)15-12(18)9-5-7(13)3-4-10(9)14/h3-6H,2H2,1H3,(H2,15,16,17,18). The number of benzene rings is 1. The molecule has 2 rings (SSSR count). The number of hydrogen-bond donors (Lipinski definition) is 2. The summed E-state index contributed by atoms with van der Waals surface area (Å²) in [7, 11) is 0. The van der Waals surface area contributed by atoms with E-state index in [1.54, 1.807) is 18.2 Å². The lowest BCUT2D eigenvalue weighted by atomic mass is 10.2. The molecule has 0 radical (unpaired) electrons. The Bertz CT molecular complexity index is 580. The Morgan fingerprint density at radius 1 is 1.39 bits per heavy atom. The first kappa shape index (κ1) is 12.9. The number of amides is 1. The minimum absolute atomic E-state index is 0.324. The van der Waals surface area contributed by atoms with Gasteiger partial charge < -0.3 is 5.32 Å². The number of nitrogens with one attached hydrogen (secondary N) is 2. The third-order valence-electron chi connectivity index (χ3n) is 2.43. The second kappa shape index (κ2) is 5.42. The number of carbonyl (C=O) groups excluding carboxylic acids is 1. The molecular weight excluding hydrogens is 273 g/mol. The van der Waals surface area contributed by atoms with Gasteiger partial charge in [-0.1, -0.05) is 30.1 Å². The summed E-state index contributed by atoms with van der Waals surface area (Å²) in [4.78, 5) is 12.0. The highest BCUT2D eigenvalue weighted by Crippen LogP contribution is 2.21. The second-order valence-electron chi connectivity index (χ2n) is 3.71. The summed E-state index contributed by atoms with van der Waals surface area (Å²) >= 11 is 11.8. The van der Waals surface area contributed by atoms with Crippen LogP contribution in [-0.4, -0.2) is 16.1 Å². The summed E-state index contributed by atoms with van der Waals surface area (Å²) in [6, 6.07) is 6.51. The maximum Gasteiger partial charge on any atom is 0.258 e. The highest BCUT2D eigenvalue weighted by atomic mass is 35.5. The molecule has 2 N–H and O–H groups in total. The normalized spacial score (nSPS) is 10.4. The molecule has 2 aromatic rings. The number of halogens is 2. The average molecular weight is 284 g/mol. The molecule has 0 aliphatic carbocycles. The molecule has 6 heteroatoms. The van der Waals surface area contributed by atoms with Gasteiger partial charge in [0.1, 0.15) is 0 Å². The van der Waals surface area contributed by atoms with E-state index in [-0.39, 0.29) is 5.91 Å². The first-order valence-electron chi connectivity index (χ1n) is 5.41. The second-order valence-corrected chi connectivity index (χ2v) is 4.55. The van der Waals surface area contributed by atoms with Gasteiger partial charge in [0.25, 0.3) is 5.91 Å². The van der Waals surface area contributed by atoms with Crippen molar-refractivity contribution in [2.45, 2.75) is 13.3 Å². The Labute approximate surface area is 114 Å². The summed E-state index contributed by atoms with van der Waals surface area (Å²) < 4.78 is 0. The van der Waals surface area contributed by atoms with E-state index in [9.17, 15) is 4.79 Å². The maximum absolute atomic E-state index is 12.0. The Morgan fingerprint density at radius 3 is 2.83 bits per heavy atom. The van der Waals surface area contributed by atoms with Crippen LogP contribution >= 0.6 is 23.2 Å². The highest BCUT2D eigenvalue weighted by molar-refractivity contribution is 6.36. The number of rotatable bonds is 3. The summed E-state index contributed by atoms with van der Waals surface area (Å²) in [6.45, 7) is 1.99. The van der Waals surface area contributed by atoms with Crippen LogP contribution < -0.4 is 5.32 Å². The minimum Gasteiger partial charge on any atom is -0.305 e. The molecule has 0 fully saturated rings. The fourth-order valence-electron chi connectivity index (χ4n) is 1.46. The molecular formula is C12H11Cl2N3O. The van der Waals surface area contributed by atoms with Gasteiger partial charge in [-0.15, -0.1) is 0 Å². The smallest absolute Gasteiger partial charge is 0.258 e. The Morgan fingerprint density at radius 2 is 2.17 bits per heavy atom. The van der Waals surface area contributed by atoms with E-state index in [0.29, 0.717) is 21.4 Å². The lowest BCUT2D eigenvalue weighted by molar-refractivity contribution is 0.102. The third kappa shape index (κ3) is 2.83. The van der Waals surface area contributed by atoms with Crippen molar-refractivity contribution in [1.82, 2.24) is 10.2 Å². The van der Waals surface area contributed by atoms with Crippen molar-refractivity contribution < 1.29 is 4.79 Å². The van der Waals surface area contributed by atoms with Gasteiger partial charge in [-0.3, -0.25) is 9.89 Å². The van der Waals surface area contributed by atoms with E-state index < -0.39 is 0 Å². The van der Waals surface area contributed by atoms with Crippen LogP contribution in [-0.2, 0) is 6.42 Å². The van der Waals surface area contributed by atoms with Crippen molar-refractivity contribution in [2.75, 3.05) is 5.32 Å². The zero-order chi connectivity index (χ0) is 13.1. The zero-order valence-corrected chi connectivity index (χ0v) is 11.1. The van der Waals surface area contributed by atoms with Gasteiger partial charge in [-0.25, -0.2) is 0 Å². The fourth-order valence-corrected chi connectivity index (χ4v) is 1.84. The highest BCUT2D eigenvalue weighted by Gasteiger charge is 2.12. The SMILES string of the molecule is CCc1cc(NC(=O)c2cc(Cl)ccc2Cl)n[nH]1. The molecule has 1 aromatic carbocycles. The molecule has 0 bridgehead atoms. The van der Waals surface area contributed by atoms with Crippen molar-refractivity contribution in [3.05, 3.63) is 45.6 Å². The molecule has 18 heavy (non-hydrogen) atoms. The first-order chi connectivity index (χ1) is 8.60. The van der Waals surface area contributed by atoms with Crippen LogP contribution in [0.25, 0.3) is 0 Å². The van der Waals surface area contributed by atoms with Gasteiger partial charge >= 0.3 is 0 Å². The van der Waals surface area contributed by atoms with Gasteiger partial charge in [0.2, 0.25) is 0 Å². The third-order valence-corrected chi connectivity index (χ3v) is 2.99. The molecule has 1 aromatic heterocycles. The number of aryl methyl sites for hydroxylation is 1. The van der Waals surface area contributed by atoms with E-state index in [1.165, 1.54) is 6.07 Å². The van der Waals surface area contributed by atoms with Gasteiger partial charge in [0, 0.05) is 16.8 Å². The summed E-state index contributed by atoms with van der Waals surface area (Å²) in [5.74, 6) is 0.129. The molecule has 0 aliphatic rings. The summed E-state index contributed by atoms with van der Waals surface area (Å²) in [6.07, 6.45) is 0.820. The number of hydrogen-bond acceptors (Lipinski definition) is 2. The van der Waals surface area contributed by atoms with Crippen LogP contribution in [0.4, 0.5) is 5.82 Å². The molecule has 0 atom stereocenters. The molecule has 4 nitrogen and oxygen atoms in total. The van der Waals surface area contributed by atoms with E-state index >= 15 is 0 Å². The van der Waals surface area contributed by atoms with E-state index in [2.05, 4.69) is 15.5 Å². The van der Waals surface area contributed by atoms with E-state index in [1.807, 2.05) is 6.92 Å². The molecule has 0 saturated carbocycles. The quantitative estimate of drug-likeness (QED) is 0.905. The number of carbonyl (C=O) groups is 1. The van der Waals surface area contributed by atoms with Gasteiger partial charge in [-0.2, -0.15) is 5.10 Å². The van der Waals surface area contributed by atoms with Crippen LogP contribution in [0.5, 0.6) is 0 Å². The molecule has 1 heterocycles. The van der Waals surface area contributed by atoms with Crippen molar-refractivity contribution in [1.29, 1.82) is 0 Å². The predicted molar refractivity (Wildman–Crippen MR) is 72.4 cm³/mol.